The van der Waals surface area contributed by atoms with Gasteiger partial charge in [-0.25, -0.2) is 0 Å². The van der Waals surface area contributed by atoms with Gasteiger partial charge in [-0.15, -0.1) is 0 Å². The van der Waals surface area contributed by atoms with Crippen molar-refractivity contribution < 1.29 is 9.59 Å². The minimum Gasteiger partial charge on any atom is -0.340 e. The van der Waals surface area contributed by atoms with Gasteiger partial charge in [-0.05, 0) is 6.92 Å². The zero-order valence-electron chi connectivity index (χ0n) is 6.38. The van der Waals surface area contributed by atoms with E-state index in [4.69, 9.17) is 0 Å². The number of carbonyl (C=O) groups excluding carboxylic acids is 2. The van der Waals surface area contributed by atoms with Gasteiger partial charge in [-0.1, -0.05) is 11.8 Å². The molecule has 0 aliphatic carbocycles. The molecule has 4 heteroatoms. The van der Waals surface area contributed by atoms with Gasteiger partial charge in [0, 0.05) is 14.1 Å². The molecule has 3 nitrogen and oxygen atoms in total. The van der Waals surface area contributed by atoms with E-state index >= 15 is 0 Å². The predicted octanol–water partition coefficient (Wildman–Crippen LogP) is 0.990. The second-order valence-electron chi connectivity index (χ2n) is 2.15. The summed E-state index contributed by atoms with van der Waals surface area (Å²) in [5.74, 6) is 0.303. The van der Waals surface area contributed by atoms with Crippen LogP contribution in [0.25, 0.3) is 0 Å². The standard InChI is InChI=1S/C6H11NO2S/c1-5(8)4-10-6(9)7(2)3/h4H2,1-3H3. The van der Waals surface area contributed by atoms with Crippen LogP contribution in [0.2, 0.25) is 0 Å². The fourth-order valence-electron chi connectivity index (χ4n) is 0.292. The number of rotatable bonds is 2. The van der Waals surface area contributed by atoms with Crippen molar-refractivity contribution in [1.82, 2.24) is 4.90 Å². The van der Waals surface area contributed by atoms with Crippen LogP contribution in [0.4, 0.5) is 4.79 Å². The highest BCUT2D eigenvalue weighted by atomic mass is 32.2. The highest BCUT2D eigenvalue weighted by Crippen LogP contribution is 2.04. The number of thioether (sulfide) groups is 1. The molecule has 1 amide bonds. The van der Waals surface area contributed by atoms with E-state index in [1.165, 1.54) is 11.8 Å². The van der Waals surface area contributed by atoms with Crippen LogP contribution < -0.4 is 0 Å². The first kappa shape index (κ1) is 9.49. The summed E-state index contributed by atoms with van der Waals surface area (Å²) in [6.07, 6.45) is 0. The summed E-state index contributed by atoms with van der Waals surface area (Å²) >= 11 is 1.03. The Labute approximate surface area is 64.8 Å². The highest BCUT2D eigenvalue weighted by Gasteiger charge is 2.04. The Hall–Kier alpha value is -0.510. The molecule has 0 aliphatic heterocycles. The molecule has 0 aromatic carbocycles. The smallest absolute Gasteiger partial charge is 0.281 e. The van der Waals surface area contributed by atoms with E-state index in [-0.39, 0.29) is 16.8 Å². The quantitative estimate of drug-likeness (QED) is 0.606. The van der Waals surface area contributed by atoms with Gasteiger partial charge in [0.15, 0.2) is 0 Å². The molecule has 0 heterocycles. The maximum Gasteiger partial charge on any atom is 0.281 e. The molecule has 0 rings (SSSR count). The topological polar surface area (TPSA) is 37.4 Å². The summed E-state index contributed by atoms with van der Waals surface area (Å²) in [5, 5.41) is -0.0739. The largest absolute Gasteiger partial charge is 0.340 e. The zero-order chi connectivity index (χ0) is 8.15. The van der Waals surface area contributed by atoms with Crippen molar-refractivity contribution in [2.45, 2.75) is 6.92 Å². The molecule has 58 valence electrons. The lowest BCUT2D eigenvalue weighted by atomic mass is 10.5. The lowest BCUT2D eigenvalue weighted by molar-refractivity contribution is -0.114. The maximum absolute atomic E-state index is 10.8. The third kappa shape index (κ3) is 4.38. The average molecular weight is 161 g/mol. The molecular formula is C6H11NO2S. The summed E-state index contributed by atoms with van der Waals surface area (Å²) in [4.78, 5) is 22.6. The van der Waals surface area contributed by atoms with E-state index in [9.17, 15) is 9.59 Å². The van der Waals surface area contributed by atoms with Crippen molar-refractivity contribution >= 4 is 22.8 Å². The molecule has 0 bridgehead atoms. The van der Waals surface area contributed by atoms with Gasteiger partial charge in [0.05, 0.1) is 5.75 Å². The van der Waals surface area contributed by atoms with Crippen LogP contribution in [0, 0.1) is 0 Å². The van der Waals surface area contributed by atoms with Crippen LogP contribution in [-0.2, 0) is 4.79 Å². The second kappa shape index (κ2) is 4.33. The van der Waals surface area contributed by atoms with E-state index in [0.29, 0.717) is 0 Å². The van der Waals surface area contributed by atoms with Gasteiger partial charge in [-0.3, -0.25) is 9.59 Å². The van der Waals surface area contributed by atoms with Crippen LogP contribution in [-0.4, -0.2) is 35.8 Å². The summed E-state index contributed by atoms with van der Waals surface area (Å²) < 4.78 is 0. The molecule has 0 saturated carbocycles. The van der Waals surface area contributed by atoms with Crippen molar-refractivity contribution in [3.8, 4) is 0 Å². The fourth-order valence-corrected chi connectivity index (χ4v) is 0.877. The maximum atomic E-state index is 10.8. The molecule has 0 saturated heterocycles. The summed E-state index contributed by atoms with van der Waals surface area (Å²) in [7, 11) is 3.32. The number of hydrogen-bond donors (Lipinski definition) is 0. The molecule has 0 atom stereocenters. The fraction of sp³-hybridized carbons (Fsp3) is 0.667. The van der Waals surface area contributed by atoms with Crippen molar-refractivity contribution in [2.75, 3.05) is 19.8 Å². The Bertz CT molecular complexity index is 145. The number of nitrogens with zero attached hydrogens (tertiary/aromatic N) is 1. The Morgan fingerprint density at radius 2 is 1.90 bits per heavy atom. The minimum absolute atomic E-state index is 0.0280. The van der Waals surface area contributed by atoms with Crippen LogP contribution in [0.15, 0.2) is 0 Å². The molecule has 0 aliphatic rings. The molecular weight excluding hydrogens is 150 g/mol. The number of amides is 1. The van der Waals surface area contributed by atoms with Gasteiger partial charge >= 0.3 is 0 Å². The minimum atomic E-state index is -0.0739. The van der Waals surface area contributed by atoms with E-state index < -0.39 is 0 Å². The number of ketones is 1. The van der Waals surface area contributed by atoms with Crippen LogP contribution in [0.3, 0.4) is 0 Å². The molecule has 10 heavy (non-hydrogen) atoms. The molecule has 0 spiro atoms. The van der Waals surface area contributed by atoms with E-state index in [1.54, 1.807) is 14.1 Å². The Morgan fingerprint density at radius 3 is 2.20 bits per heavy atom. The lowest BCUT2D eigenvalue weighted by Crippen LogP contribution is -2.17. The zero-order valence-corrected chi connectivity index (χ0v) is 7.20. The highest BCUT2D eigenvalue weighted by molar-refractivity contribution is 8.14. The summed E-state index contributed by atoms with van der Waals surface area (Å²) in [5.41, 5.74) is 0. The summed E-state index contributed by atoms with van der Waals surface area (Å²) in [6.45, 7) is 1.47. The van der Waals surface area contributed by atoms with Gasteiger partial charge < -0.3 is 4.90 Å². The van der Waals surface area contributed by atoms with E-state index in [1.807, 2.05) is 0 Å². The van der Waals surface area contributed by atoms with Gasteiger partial charge in [-0.2, -0.15) is 0 Å². The van der Waals surface area contributed by atoms with Gasteiger partial charge in [0.25, 0.3) is 5.24 Å². The molecule has 0 fully saturated rings. The van der Waals surface area contributed by atoms with Crippen molar-refractivity contribution in [1.29, 1.82) is 0 Å². The van der Waals surface area contributed by atoms with Crippen molar-refractivity contribution in [3.05, 3.63) is 0 Å². The van der Waals surface area contributed by atoms with Gasteiger partial charge in [0.1, 0.15) is 5.78 Å². The van der Waals surface area contributed by atoms with E-state index in [2.05, 4.69) is 0 Å². The van der Waals surface area contributed by atoms with Crippen molar-refractivity contribution in [3.63, 3.8) is 0 Å². The molecule has 0 aromatic rings. The molecule has 0 N–H and O–H groups in total. The first-order valence-electron chi connectivity index (χ1n) is 2.87. The third-order valence-corrected chi connectivity index (χ3v) is 1.93. The first-order valence-corrected chi connectivity index (χ1v) is 3.86. The second-order valence-corrected chi connectivity index (χ2v) is 3.08. The van der Waals surface area contributed by atoms with Gasteiger partial charge in [0.2, 0.25) is 0 Å². The van der Waals surface area contributed by atoms with Crippen LogP contribution in [0.1, 0.15) is 6.92 Å². The molecule has 0 aromatic heterocycles. The summed E-state index contributed by atoms with van der Waals surface area (Å²) in [6, 6.07) is 0. The number of carbonyl (C=O) groups is 2. The third-order valence-electron chi connectivity index (χ3n) is 0.764. The van der Waals surface area contributed by atoms with Crippen LogP contribution in [0.5, 0.6) is 0 Å². The van der Waals surface area contributed by atoms with E-state index in [0.717, 1.165) is 11.8 Å². The monoisotopic (exact) mass is 161 g/mol. The first-order chi connectivity index (χ1) is 4.54. The number of Topliss-reactive ketones (excluding diaryl/α,β-unsaturated/α-hetero) is 1. The SMILES string of the molecule is CC(=O)CSC(=O)N(C)C. The van der Waals surface area contributed by atoms with Crippen molar-refractivity contribution in [2.24, 2.45) is 0 Å². The normalized spacial score (nSPS) is 9.10. The molecule has 0 radical (unpaired) electrons. The Balaban J connectivity index is 3.50. The Morgan fingerprint density at radius 1 is 1.40 bits per heavy atom. The number of hydrogen-bond acceptors (Lipinski definition) is 3. The Kier molecular flexibility index (Phi) is 4.11. The molecule has 0 unspecified atom stereocenters. The average Bonchev–Trinajstić information content (AvgIpc) is 1.82. The lowest BCUT2D eigenvalue weighted by Gasteiger charge is -2.07. The predicted molar refractivity (Wildman–Crippen MR) is 42.2 cm³/mol. The van der Waals surface area contributed by atoms with Crippen LogP contribution >= 0.6 is 11.8 Å².